The van der Waals surface area contributed by atoms with Crippen molar-refractivity contribution in [3.8, 4) is 0 Å². The van der Waals surface area contributed by atoms with E-state index in [9.17, 15) is 9.59 Å². The number of Topliss-reactive ketones (excluding diaryl/α,β-unsaturated/α-hetero) is 1. The van der Waals surface area contributed by atoms with Crippen LogP contribution in [0.1, 0.15) is 16.8 Å². The molecule has 0 saturated carbocycles. The van der Waals surface area contributed by atoms with E-state index in [0.717, 1.165) is 12.2 Å². The Kier molecular flexibility index (Phi) is 4.16. The zero-order valence-corrected chi connectivity index (χ0v) is 11.1. The highest BCUT2D eigenvalue weighted by Gasteiger charge is 2.23. The van der Waals surface area contributed by atoms with E-state index in [2.05, 4.69) is 0 Å². The SMILES string of the molecule is CN1CCN(c2ccccc2C(=O)CCN)CC1=O. The van der Waals surface area contributed by atoms with E-state index in [1.807, 2.05) is 23.1 Å². The lowest BCUT2D eigenvalue weighted by Gasteiger charge is -2.34. The number of para-hydroxylation sites is 1. The summed E-state index contributed by atoms with van der Waals surface area (Å²) in [6.07, 6.45) is 0.332. The van der Waals surface area contributed by atoms with E-state index in [4.69, 9.17) is 5.73 Å². The Morgan fingerprint density at radius 2 is 2.05 bits per heavy atom. The minimum absolute atomic E-state index is 0.0319. The molecule has 1 heterocycles. The Morgan fingerprint density at radius 3 is 2.74 bits per heavy atom. The van der Waals surface area contributed by atoms with E-state index in [1.165, 1.54) is 0 Å². The summed E-state index contributed by atoms with van der Waals surface area (Å²) in [7, 11) is 1.80. The number of anilines is 1. The number of hydrogen-bond acceptors (Lipinski definition) is 4. The number of piperazine rings is 1. The van der Waals surface area contributed by atoms with Crippen molar-refractivity contribution in [2.45, 2.75) is 6.42 Å². The molecular formula is C14H19N3O2. The van der Waals surface area contributed by atoms with Crippen LogP contribution in [0.15, 0.2) is 24.3 Å². The van der Waals surface area contributed by atoms with E-state index in [-0.39, 0.29) is 11.7 Å². The van der Waals surface area contributed by atoms with Crippen molar-refractivity contribution in [3.63, 3.8) is 0 Å². The molecule has 1 aliphatic rings. The molecule has 0 radical (unpaired) electrons. The van der Waals surface area contributed by atoms with Crippen LogP contribution < -0.4 is 10.6 Å². The van der Waals surface area contributed by atoms with Gasteiger partial charge >= 0.3 is 0 Å². The molecule has 0 aliphatic carbocycles. The predicted molar refractivity (Wildman–Crippen MR) is 74.3 cm³/mol. The van der Waals surface area contributed by atoms with Gasteiger partial charge in [-0.25, -0.2) is 0 Å². The number of ketones is 1. The maximum absolute atomic E-state index is 12.1. The number of hydrogen-bond donors (Lipinski definition) is 1. The Balaban J connectivity index is 2.25. The summed E-state index contributed by atoms with van der Waals surface area (Å²) < 4.78 is 0. The fourth-order valence-corrected chi connectivity index (χ4v) is 2.22. The molecule has 0 aromatic heterocycles. The van der Waals surface area contributed by atoms with Gasteiger partial charge in [0.25, 0.3) is 0 Å². The highest BCUT2D eigenvalue weighted by Crippen LogP contribution is 2.23. The molecule has 2 rings (SSSR count). The van der Waals surface area contributed by atoms with Crippen LogP contribution in [0.5, 0.6) is 0 Å². The van der Waals surface area contributed by atoms with Crippen LogP contribution in [0.4, 0.5) is 5.69 Å². The Morgan fingerprint density at radius 1 is 1.32 bits per heavy atom. The highest BCUT2D eigenvalue weighted by atomic mass is 16.2. The van der Waals surface area contributed by atoms with Gasteiger partial charge in [-0.15, -0.1) is 0 Å². The summed E-state index contributed by atoms with van der Waals surface area (Å²) in [6, 6.07) is 7.42. The fourth-order valence-electron chi connectivity index (χ4n) is 2.22. The van der Waals surface area contributed by atoms with Gasteiger partial charge < -0.3 is 15.5 Å². The Labute approximate surface area is 113 Å². The fraction of sp³-hybridized carbons (Fsp3) is 0.429. The van der Waals surface area contributed by atoms with Gasteiger partial charge in [0.1, 0.15) is 0 Å². The van der Waals surface area contributed by atoms with Crippen LogP contribution in [0.2, 0.25) is 0 Å². The molecule has 5 nitrogen and oxygen atoms in total. The van der Waals surface area contributed by atoms with Crippen molar-refractivity contribution in [1.82, 2.24) is 4.90 Å². The summed E-state index contributed by atoms with van der Waals surface area (Å²) >= 11 is 0. The normalized spacial score (nSPS) is 15.8. The standard InChI is InChI=1S/C14H19N3O2/c1-16-8-9-17(10-14(16)19)12-5-3-2-4-11(12)13(18)6-7-15/h2-5H,6-10,15H2,1H3. The average molecular weight is 261 g/mol. The molecule has 0 spiro atoms. The molecule has 1 aromatic carbocycles. The number of amides is 1. The third-order valence-corrected chi connectivity index (χ3v) is 3.37. The summed E-state index contributed by atoms with van der Waals surface area (Å²) in [5, 5.41) is 0. The van der Waals surface area contributed by atoms with Crippen LogP contribution in [0.25, 0.3) is 0 Å². The number of nitrogens with two attached hydrogens (primary N) is 1. The van der Waals surface area contributed by atoms with Gasteiger partial charge in [-0.3, -0.25) is 9.59 Å². The number of nitrogens with zero attached hydrogens (tertiary/aromatic N) is 2. The van der Waals surface area contributed by atoms with Crippen molar-refractivity contribution in [2.24, 2.45) is 5.73 Å². The van der Waals surface area contributed by atoms with Crippen LogP contribution in [0, 0.1) is 0 Å². The van der Waals surface area contributed by atoms with Crippen LogP contribution in [0.3, 0.4) is 0 Å². The highest BCUT2D eigenvalue weighted by molar-refractivity contribution is 6.02. The maximum atomic E-state index is 12.1. The molecule has 1 aliphatic heterocycles. The van der Waals surface area contributed by atoms with Gasteiger partial charge in [0.15, 0.2) is 5.78 Å². The van der Waals surface area contributed by atoms with Crippen molar-refractivity contribution >= 4 is 17.4 Å². The zero-order valence-electron chi connectivity index (χ0n) is 11.1. The van der Waals surface area contributed by atoms with Crippen molar-refractivity contribution in [1.29, 1.82) is 0 Å². The van der Waals surface area contributed by atoms with E-state index >= 15 is 0 Å². The van der Waals surface area contributed by atoms with Gasteiger partial charge in [-0.2, -0.15) is 0 Å². The predicted octanol–water partition coefficient (Wildman–Crippen LogP) is 0.497. The molecular weight excluding hydrogens is 242 g/mol. The van der Waals surface area contributed by atoms with Crippen LogP contribution in [-0.2, 0) is 4.79 Å². The van der Waals surface area contributed by atoms with Crippen molar-refractivity contribution in [3.05, 3.63) is 29.8 Å². The summed E-state index contributed by atoms with van der Waals surface area (Å²) in [5.74, 6) is 0.108. The van der Waals surface area contributed by atoms with E-state index in [1.54, 1.807) is 18.0 Å². The summed E-state index contributed by atoms with van der Waals surface area (Å²) in [5.41, 5.74) is 6.93. The van der Waals surface area contributed by atoms with Gasteiger partial charge in [-0.1, -0.05) is 12.1 Å². The second-order valence-corrected chi connectivity index (χ2v) is 4.72. The van der Waals surface area contributed by atoms with Gasteiger partial charge in [0.05, 0.1) is 6.54 Å². The molecule has 0 bridgehead atoms. The number of rotatable bonds is 4. The lowest BCUT2D eigenvalue weighted by molar-refractivity contribution is -0.129. The molecule has 2 N–H and O–H groups in total. The van der Waals surface area contributed by atoms with Gasteiger partial charge in [0.2, 0.25) is 5.91 Å². The molecule has 5 heteroatoms. The molecule has 0 atom stereocenters. The molecule has 1 fully saturated rings. The van der Waals surface area contributed by atoms with Crippen LogP contribution >= 0.6 is 0 Å². The minimum Gasteiger partial charge on any atom is -0.360 e. The van der Waals surface area contributed by atoms with Gasteiger partial charge in [0, 0.05) is 37.8 Å². The summed E-state index contributed by atoms with van der Waals surface area (Å²) in [4.78, 5) is 27.5. The second kappa shape index (κ2) is 5.84. The first-order valence-corrected chi connectivity index (χ1v) is 6.44. The Hall–Kier alpha value is -1.88. The monoisotopic (exact) mass is 261 g/mol. The number of carbonyl (C=O) groups is 2. The first-order valence-electron chi connectivity index (χ1n) is 6.44. The third kappa shape index (κ3) is 2.93. The quantitative estimate of drug-likeness (QED) is 0.801. The van der Waals surface area contributed by atoms with Crippen LogP contribution in [-0.4, -0.2) is 49.8 Å². The number of benzene rings is 1. The minimum atomic E-state index is 0.0319. The van der Waals surface area contributed by atoms with Crippen molar-refractivity contribution < 1.29 is 9.59 Å². The first kappa shape index (κ1) is 13.5. The smallest absolute Gasteiger partial charge is 0.241 e. The van der Waals surface area contributed by atoms with Gasteiger partial charge in [-0.05, 0) is 18.7 Å². The second-order valence-electron chi connectivity index (χ2n) is 4.72. The lowest BCUT2D eigenvalue weighted by Crippen LogP contribution is -2.49. The Bertz CT molecular complexity index is 487. The van der Waals surface area contributed by atoms with E-state index in [0.29, 0.717) is 31.6 Å². The molecule has 102 valence electrons. The third-order valence-electron chi connectivity index (χ3n) is 3.37. The number of carbonyl (C=O) groups excluding carboxylic acids is 2. The first-order chi connectivity index (χ1) is 9.13. The molecule has 1 aromatic rings. The topological polar surface area (TPSA) is 66.6 Å². The lowest BCUT2D eigenvalue weighted by atomic mass is 10.0. The number of likely N-dealkylation sites (N-methyl/N-ethyl adjacent to an activating group) is 1. The maximum Gasteiger partial charge on any atom is 0.241 e. The average Bonchev–Trinajstić information content (AvgIpc) is 2.42. The zero-order chi connectivity index (χ0) is 13.8. The molecule has 1 saturated heterocycles. The summed E-state index contributed by atoms with van der Waals surface area (Å²) in [6.45, 7) is 2.09. The molecule has 0 unspecified atom stereocenters. The molecule has 19 heavy (non-hydrogen) atoms. The van der Waals surface area contributed by atoms with E-state index < -0.39 is 0 Å². The molecule has 1 amide bonds. The van der Waals surface area contributed by atoms with Crippen molar-refractivity contribution in [2.75, 3.05) is 38.1 Å². The largest absolute Gasteiger partial charge is 0.360 e.